The smallest absolute Gasteiger partial charge is 0.0466 e. The highest BCUT2D eigenvalue weighted by atomic mass is 14.7. The molecule has 0 radical (unpaired) electrons. The summed E-state index contributed by atoms with van der Waals surface area (Å²) >= 11 is 0. The molecule has 1 aromatic heterocycles. The topological polar surface area (TPSA) is 12.9 Å². The van der Waals surface area contributed by atoms with Gasteiger partial charge in [-0.3, -0.25) is 4.98 Å². The van der Waals surface area contributed by atoms with E-state index in [2.05, 4.69) is 24.9 Å². The second kappa shape index (κ2) is 2.33. The zero-order valence-electron chi connectivity index (χ0n) is 7.09. The Morgan fingerprint density at radius 1 is 1.36 bits per heavy atom. The summed E-state index contributed by atoms with van der Waals surface area (Å²) in [5.74, 6) is 0.787. The van der Waals surface area contributed by atoms with Crippen LogP contribution in [0.5, 0.6) is 0 Å². The zero-order chi connectivity index (χ0) is 7.84. The van der Waals surface area contributed by atoms with Crippen LogP contribution < -0.4 is 0 Å². The van der Waals surface area contributed by atoms with E-state index in [1.165, 1.54) is 29.7 Å². The van der Waals surface area contributed by atoms with Crippen molar-refractivity contribution in [2.75, 3.05) is 0 Å². The second-order valence-electron chi connectivity index (χ2n) is 3.41. The summed E-state index contributed by atoms with van der Waals surface area (Å²) in [5.41, 5.74) is 4.11. The highest BCUT2D eigenvalue weighted by molar-refractivity contribution is 5.31. The third-order valence-corrected chi connectivity index (χ3v) is 2.48. The first-order valence-electron chi connectivity index (χ1n) is 4.21. The van der Waals surface area contributed by atoms with Crippen LogP contribution in [0.15, 0.2) is 12.3 Å². The van der Waals surface area contributed by atoms with E-state index in [0.717, 1.165) is 5.92 Å². The molecule has 0 amide bonds. The highest BCUT2D eigenvalue weighted by Crippen LogP contribution is 2.40. The minimum atomic E-state index is 0.787. The fraction of sp³-hybridized carbons (Fsp3) is 0.500. The van der Waals surface area contributed by atoms with E-state index in [1.807, 2.05) is 6.20 Å². The molecule has 0 saturated heterocycles. The second-order valence-corrected chi connectivity index (χ2v) is 3.41. The van der Waals surface area contributed by atoms with Gasteiger partial charge >= 0.3 is 0 Å². The highest BCUT2D eigenvalue weighted by Gasteiger charge is 2.26. The molecule has 1 fully saturated rings. The number of pyridine rings is 1. The Kier molecular flexibility index (Phi) is 1.45. The number of aryl methyl sites for hydroxylation is 1. The molecule has 58 valence electrons. The monoisotopic (exact) mass is 147 g/mol. The molecule has 0 N–H and O–H groups in total. The van der Waals surface area contributed by atoms with Gasteiger partial charge in [0.2, 0.25) is 0 Å². The van der Waals surface area contributed by atoms with Gasteiger partial charge in [0, 0.05) is 17.8 Å². The Hall–Kier alpha value is -0.850. The van der Waals surface area contributed by atoms with Gasteiger partial charge in [0.25, 0.3) is 0 Å². The quantitative estimate of drug-likeness (QED) is 0.595. The van der Waals surface area contributed by atoms with Crippen molar-refractivity contribution in [1.29, 1.82) is 0 Å². The van der Waals surface area contributed by atoms with Crippen molar-refractivity contribution in [3.05, 3.63) is 29.1 Å². The Morgan fingerprint density at radius 2 is 2.09 bits per heavy atom. The lowest BCUT2D eigenvalue weighted by Gasteiger charge is -2.04. The fourth-order valence-corrected chi connectivity index (χ4v) is 1.42. The summed E-state index contributed by atoms with van der Waals surface area (Å²) in [5, 5.41) is 0. The normalized spacial score (nSPS) is 16.9. The van der Waals surface area contributed by atoms with Crippen molar-refractivity contribution >= 4 is 0 Å². The molecule has 0 aromatic carbocycles. The predicted molar refractivity (Wildman–Crippen MR) is 45.7 cm³/mol. The van der Waals surface area contributed by atoms with Crippen LogP contribution in [0.3, 0.4) is 0 Å². The van der Waals surface area contributed by atoms with Gasteiger partial charge in [0.15, 0.2) is 0 Å². The summed E-state index contributed by atoms with van der Waals surface area (Å²) < 4.78 is 0. The van der Waals surface area contributed by atoms with E-state index in [9.17, 15) is 0 Å². The van der Waals surface area contributed by atoms with Crippen LogP contribution in [0.1, 0.15) is 35.6 Å². The van der Waals surface area contributed by atoms with Crippen LogP contribution in [0.2, 0.25) is 0 Å². The van der Waals surface area contributed by atoms with E-state index in [0.29, 0.717) is 0 Å². The minimum absolute atomic E-state index is 0.787. The number of hydrogen-bond donors (Lipinski definition) is 0. The number of nitrogens with zero attached hydrogens (tertiary/aromatic N) is 1. The Morgan fingerprint density at radius 3 is 2.73 bits per heavy atom. The summed E-state index contributed by atoms with van der Waals surface area (Å²) in [6, 6.07) is 2.08. The molecule has 1 heteroatoms. The van der Waals surface area contributed by atoms with Crippen LogP contribution in [0.4, 0.5) is 0 Å². The summed E-state index contributed by atoms with van der Waals surface area (Å²) in [7, 11) is 0. The zero-order valence-corrected chi connectivity index (χ0v) is 7.09. The van der Waals surface area contributed by atoms with Crippen molar-refractivity contribution in [3.63, 3.8) is 0 Å². The van der Waals surface area contributed by atoms with E-state index in [-0.39, 0.29) is 0 Å². The lowest BCUT2D eigenvalue weighted by atomic mass is 10.1. The van der Waals surface area contributed by atoms with Gasteiger partial charge < -0.3 is 0 Å². The molecule has 1 saturated carbocycles. The maximum Gasteiger partial charge on any atom is 0.0466 e. The predicted octanol–water partition coefficient (Wildman–Crippen LogP) is 2.58. The SMILES string of the molecule is Cc1ccnc(C2CC2)c1C. The minimum Gasteiger partial charge on any atom is -0.261 e. The molecule has 0 unspecified atom stereocenters. The molecule has 0 spiro atoms. The van der Waals surface area contributed by atoms with Gasteiger partial charge in [-0.15, -0.1) is 0 Å². The summed E-state index contributed by atoms with van der Waals surface area (Å²) in [6.07, 6.45) is 4.62. The lowest BCUT2D eigenvalue weighted by molar-refractivity contribution is 0.984. The van der Waals surface area contributed by atoms with Crippen molar-refractivity contribution < 1.29 is 0 Å². The molecule has 1 aliphatic carbocycles. The van der Waals surface area contributed by atoms with Gasteiger partial charge in [-0.1, -0.05) is 0 Å². The van der Waals surface area contributed by atoms with Crippen molar-refractivity contribution in [2.45, 2.75) is 32.6 Å². The molecular formula is C10H13N. The third kappa shape index (κ3) is 1.15. The fourth-order valence-electron chi connectivity index (χ4n) is 1.42. The van der Waals surface area contributed by atoms with Gasteiger partial charge in [-0.25, -0.2) is 0 Å². The maximum absolute atomic E-state index is 4.40. The Labute approximate surface area is 67.5 Å². The number of hydrogen-bond acceptors (Lipinski definition) is 1. The average Bonchev–Trinajstić information content (AvgIpc) is 2.77. The van der Waals surface area contributed by atoms with Crippen LogP contribution >= 0.6 is 0 Å². The van der Waals surface area contributed by atoms with Gasteiger partial charge in [0.05, 0.1) is 0 Å². The number of rotatable bonds is 1. The van der Waals surface area contributed by atoms with Crippen LogP contribution in [-0.4, -0.2) is 4.98 Å². The molecule has 0 atom stereocenters. The van der Waals surface area contributed by atoms with E-state index >= 15 is 0 Å². The van der Waals surface area contributed by atoms with E-state index in [1.54, 1.807) is 0 Å². The average molecular weight is 147 g/mol. The number of aromatic nitrogens is 1. The van der Waals surface area contributed by atoms with Gasteiger partial charge in [-0.2, -0.15) is 0 Å². The first kappa shape index (κ1) is 6.84. The lowest BCUT2D eigenvalue weighted by Crippen LogP contribution is -1.92. The molecule has 1 aliphatic rings. The van der Waals surface area contributed by atoms with Crippen LogP contribution in [-0.2, 0) is 0 Å². The Balaban J connectivity index is 2.45. The van der Waals surface area contributed by atoms with Gasteiger partial charge in [-0.05, 0) is 43.9 Å². The molecular weight excluding hydrogens is 134 g/mol. The molecule has 11 heavy (non-hydrogen) atoms. The molecule has 2 rings (SSSR count). The largest absolute Gasteiger partial charge is 0.261 e. The summed E-state index contributed by atoms with van der Waals surface area (Å²) in [6.45, 7) is 4.33. The van der Waals surface area contributed by atoms with Crippen LogP contribution in [0.25, 0.3) is 0 Å². The van der Waals surface area contributed by atoms with E-state index < -0.39 is 0 Å². The Bertz CT molecular complexity index is 274. The van der Waals surface area contributed by atoms with Crippen molar-refractivity contribution in [1.82, 2.24) is 4.98 Å². The first-order valence-corrected chi connectivity index (χ1v) is 4.21. The molecule has 1 heterocycles. The molecule has 0 aliphatic heterocycles. The third-order valence-electron chi connectivity index (χ3n) is 2.48. The van der Waals surface area contributed by atoms with E-state index in [4.69, 9.17) is 0 Å². The summed E-state index contributed by atoms with van der Waals surface area (Å²) in [4.78, 5) is 4.40. The molecule has 1 aromatic rings. The molecule has 1 nitrogen and oxygen atoms in total. The van der Waals surface area contributed by atoms with Crippen molar-refractivity contribution in [2.24, 2.45) is 0 Å². The van der Waals surface area contributed by atoms with Gasteiger partial charge in [0.1, 0.15) is 0 Å². The maximum atomic E-state index is 4.40. The molecule has 0 bridgehead atoms. The van der Waals surface area contributed by atoms with Crippen molar-refractivity contribution in [3.8, 4) is 0 Å². The first-order chi connectivity index (χ1) is 5.29. The van der Waals surface area contributed by atoms with Crippen LogP contribution in [0, 0.1) is 13.8 Å². The standard InChI is InChI=1S/C10H13N/c1-7-5-6-11-10(8(7)2)9-3-4-9/h5-6,9H,3-4H2,1-2H3.